The van der Waals surface area contributed by atoms with Crippen molar-refractivity contribution in [2.45, 2.75) is 141 Å². The fraction of sp³-hybridized carbons (Fsp3) is 0.762. The molecule has 0 aliphatic heterocycles. The zero-order valence-corrected chi connectivity index (χ0v) is 28.4. The number of ketones is 2. The van der Waals surface area contributed by atoms with Gasteiger partial charge < -0.3 is 10.2 Å². The summed E-state index contributed by atoms with van der Waals surface area (Å²) in [5, 5.41) is 22.2. The number of aliphatic hydroxyl groups is 2. The lowest BCUT2D eigenvalue weighted by Crippen LogP contribution is -2.53. The lowest BCUT2D eigenvalue weighted by molar-refractivity contribution is -0.118. The molecule has 248 valence electrons. The number of fused-ring (bicyclic) bond motifs is 10. The van der Waals surface area contributed by atoms with Gasteiger partial charge in [0, 0.05) is 23.7 Å². The van der Waals surface area contributed by atoms with Crippen LogP contribution in [-0.2, 0) is 9.59 Å². The summed E-state index contributed by atoms with van der Waals surface area (Å²) in [4.78, 5) is 23.5. The van der Waals surface area contributed by atoms with Gasteiger partial charge in [-0.3, -0.25) is 9.59 Å². The van der Waals surface area contributed by atoms with Gasteiger partial charge >= 0.3 is 0 Å². The van der Waals surface area contributed by atoms with Crippen LogP contribution in [0.5, 0.6) is 0 Å². The first kappa shape index (κ1) is 32.4. The van der Waals surface area contributed by atoms with Crippen LogP contribution in [0.2, 0.25) is 0 Å². The fourth-order valence-electron chi connectivity index (χ4n) is 13.9. The molecule has 0 aromatic rings. The summed E-state index contributed by atoms with van der Waals surface area (Å²) in [5.74, 6) is 11.5. The molecule has 6 saturated carbocycles. The number of hydrogen-bond donors (Lipinski definition) is 2. The van der Waals surface area contributed by atoms with E-state index in [0.717, 1.165) is 89.9 Å². The Kier molecular flexibility index (Phi) is 8.30. The Morgan fingerprint density at radius 3 is 1.39 bits per heavy atom. The molecule has 0 unspecified atom stereocenters. The van der Waals surface area contributed by atoms with Crippen LogP contribution in [0.4, 0.5) is 0 Å². The smallest absolute Gasteiger partial charge is 0.155 e. The standard InChI is InChI=1S/2C21H28O2/c2*1-3-20-11-9-17-16-8-6-15(22)13-14(16)5-7-18(17)19(20)10-12-21(20,23)4-2/h2*2,13,16-19,23H,3,5-12H2,1H3/t2*16-,17+,18+,19-,20-,21-/m00/s1. The van der Waals surface area contributed by atoms with Gasteiger partial charge in [0.15, 0.2) is 11.6 Å². The van der Waals surface area contributed by atoms with E-state index in [0.29, 0.717) is 58.9 Å². The molecule has 4 heteroatoms. The van der Waals surface area contributed by atoms with Gasteiger partial charge in [-0.2, -0.15) is 0 Å². The second-order valence-corrected chi connectivity index (χ2v) is 16.8. The van der Waals surface area contributed by atoms with E-state index in [1.165, 1.54) is 36.8 Å². The quantitative estimate of drug-likeness (QED) is 0.308. The molecule has 0 aromatic heterocycles. The SMILES string of the molecule is C#C[C@]1(O)CC[C@H]2[C@@H]3CCC4=CC(=O)CC[C@@H]4[C@H]3CC[C@@]21CC.C#C[C@]1(O)CC[C@H]2[C@@H]3CCC4=CC(=O)CC[C@@H]4[C@H]3CC[C@@]21CC. The van der Waals surface area contributed by atoms with Crippen LogP contribution in [-0.4, -0.2) is 33.0 Å². The van der Waals surface area contributed by atoms with Gasteiger partial charge in [-0.1, -0.05) is 36.8 Å². The lowest BCUT2D eigenvalue weighted by Gasteiger charge is -2.55. The fourth-order valence-corrected chi connectivity index (χ4v) is 13.9. The summed E-state index contributed by atoms with van der Waals surface area (Å²) >= 11 is 0. The van der Waals surface area contributed by atoms with E-state index in [-0.39, 0.29) is 10.8 Å². The Hall–Kier alpha value is -2.14. The largest absolute Gasteiger partial charge is 0.377 e. The van der Waals surface area contributed by atoms with Crippen molar-refractivity contribution < 1.29 is 19.8 Å². The summed E-state index contributed by atoms with van der Waals surface area (Å²) in [6.45, 7) is 4.43. The molecule has 2 N–H and O–H groups in total. The molecule has 8 rings (SSSR count). The minimum atomic E-state index is -0.893. The molecule has 4 nitrogen and oxygen atoms in total. The third-order valence-electron chi connectivity index (χ3n) is 16.0. The summed E-state index contributed by atoms with van der Waals surface area (Å²) in [5.41, 5.74) is 0.948. The summed E-state index contributed by atoms with van der Waals surface area (Å²) in [6, 6.07) is 0. The third kappa shape index (κ3) is 4.56. The van der Waals surface area contributed by atoms with Gasteiger partial charge in [-0.15, -0.1) is 12.8 Å². The predicted molar refractivity (Wildman–Crippen MR) is 181 cm³/mol. The van der Waals surface area contributed by atoms with E-state index >= 15 is 0 Å². The molecule has 8 aliphatic rings. The second kappa shape index (κ2) is 11.8. The average molecular weight is 625 g/mol. The number of carbonyl (C=O) groups is 2. The van der Waals surface area contributed by atoms with E-state index in [9.17, 15) is 19.8 Å². The van der Waals surface area contributed by atoms with Crippen molar-refractivity contribution in [1.29, 1.82) is 0 Å². The highest BCUT2D eigenvalue weighted by atomic mass is 16.3. The molecule has 0 bridgehead atoms. The van der Waals surface area contributed by atoms with E-state index in [1.807, 2.05) is 12.2 Å². The highest BCUT2D eigenvalue weighted by Crippen LogP contribution is 2.67. The minimum absolute atomic E-state index is 0.0609. The molecule has 0 saturated heterocycles. The lowest BCUT2D eigenvalue weighted by atomic mass is 9.49. The molecule has 0 spiro atoms. The van der Waals surface area contributed by atoms with Crippen LogP contribution >= 0.6 is 0 Å². The van der Waals surface area contributed by atoms with Crippen LogP contribution in [0.1, 0.15) is 129 Å². The van der Waals surface area contributed by atoms with Crippen LogP contribution in [0.15, 0.2) is 23.3 Å². The number of hydrogen-bond acceptors (Lipinski definition) is 4. The molecule has 46 heavy (non-hydrogen) atoms. The van der Waals surface area contributed by atoms with Crippen LogP contribution in [0.3, 0.4) is 0 Å². The molecular weight excluding hydrogens is 568 g/mol. The topological polar surface area (TPSA) is 74.6 Å². The normalized spacial score (nSPS) is 48.7. The average Bonchev–Trinajstić information content (AvgIpc) is 3.56. The summed E-state index contributed by atoms with van der Waals surface area (Å²) in [7, 11) is 0. The molecule has 12 atom stereocenters. The Morgan fingerprint density at radius 1 is 0.609 bits per heavy atom. The third-order valence-corrected chi connectivity index (χ3v) is 16.0. The van der Waals surface area contributed by atoms with Crippen LogP contribution in [0.25, 0.3) is 0 Å². The maximum absolute atomic E-state index is 11.8. The van der Waals surface area contributed by atoms with Crippen molar-refractivity contribution in [3.63, 3.8) is 0 Å². The van der Waals surface area contributed by atoms with Gasteiger partial charge in [-0.05, 0) is 162 Å². The highest BCUT2D eigenvalue weighted by molar-refractivity contribution is 5.91. The maximum atomic E-state index is 11.8. The van der Waals surface area contributed by atoms with Crippen molar-refractivity contribution in [3.05, 3.63) is 23.3 Å². The van der Waals surface area contributed by atoms with Gasteiger partial charge in [0.05, 0.1) is 0 Å². The number of allylic oxidation sites excluding steroid dienone is 2. The zero-order chi connectivity index (χ0) is 32.5. The monoisotopic (exact) mass is 624 g/mol. The van der Waals surface area contributed by atoms with Crippen molar-refractivity contribution in [1.82, 2.24) is 0 Å². The van der Waals surface area contributed by atoms with Crippen LogP contribution in [0, 0.1) is 82.9 Å². The van der Waals surface area contributed by atoms with Crippen molar-refractivity contribution in [2.24, 2.45) is 58.2 Å². The Bertz CT molecular complexity index is 1300. The first-order valence-corrected chi connectivity index (χ1v) is 19.0. The van der Waals surface area contributed by atoms with Crippen molar-refractivity contribution >= 4 is 11.6 Å². The van der Waals surface area contributed by atoms with Crippen molar-refractivity contribution in [2.75, 3.05) is 0 Å². The van der Waals surface area contributed by atoms with Crippen LogP contribution < -0.4 is 0 Å². The van der Waals surface area contributed by atoms with Gasteiger partial charge in [-0.25, -0.2) is 0 Å². The molecule has 0 aromatic carbocycles. The molecule has 6 fully saturated rings. The van der Waals surface area contributed by atoms with E-state index < -0.39 is 11.2 Å². The predicted octanol–water partition coefficient (Wildman–Crippen LogP) is 7.77. The maximum Gasteiger partial charge on any atom is 0.155 e. The van der Waals surface area contributed by atoms with E-state index in [4.69, 9.17) is 12.8 Å². The Balaban J connectivity index is 0.000000147. The molecule has 0 radical (unpaired) electrons. The first-order chi connectivity index (χ1) is 22.1. The summed E-state index contributed by atoms with van der Waals surface area (Å²) < 4.78 is 0. The molecule has 0 amide bonds. The molecule has 0 heterocycles. The summed E-state index contributed by atoms with van der Waals surface area (Å²) in [6.07, 6.45) is 33.8. The van der Waals surface area contributed by atoms with E-state index in [1.54, 1.807) is 0 Å². The number of rotatable bonds is 2. The van der Waals surface area contributed by atoms with Gasteiger partial charge in [0.25, 0.3) is 0 Å². The number of carbonyl (C=O) groups excluding carboxylic acids is 2. The van der Waals surface area contributed by atoms with Gasteiger partial charge in [0.1, 0.15) is 11.2 Å². The zero-order valence-electron chi connectivity index (χ0n) is 28.4. The highest BCUT2D eigenvalue weighted by Gasteiger charge is 2.64. The number of terminal acetylenes is 2. The van der Waals surface area contributed by atoms with Crippen molar-refractivity contribution in [3.8, 4) is 24.7 Å². The Morgan fingerprint density at radius 2 is 1.02 bits per heavy atom. The second-order valence-electron chi connectivity index (χ2n) is 16.8. The van der Waals surface area contributed by atoms with E-state index in [2.05, 4.69) is 25.7 Å². The minimum Gasteiger partial charge on any atom is -0.377 e. The first-order valence-electron chi connectivity index (χ1n) is 19.0. The van der Waals surface area contributed by atoms with Gasteiger partial charge in [0.2, 0.25) is 0 Å². The molecular formula is C42H56O4. The molecule has 8 aliphatic carbocycles. The Labute approximate surface area is 277 Å².